The molecule has 2 aromatic heterocycles. The zero-order valence-electron chi connectivity index (χ0n) is 14.6. The van der Waals surface area contributed by atoms with E-state index < -0.39 is 0 Å². The van der Waals surface area contributed by atoms with Crippen LogP contribution < -0.4 is 5.22 Å². The van der Waals surface area contributed by atoms with Gasteiger partial charge in [0.2, 0.25) is 0 Å². The molecule has 1 radical (unpaired) electrons. The molecule has 0 aliphatic rings. The Balaban J connectivity index is 2.99. The van der Waals surface area contributed by atoms with Gasteiger partial charge in [0.1, 0.15) is 0 Å². The summed E-state index contributed by atoms with van der Waals surface area (Å²) in [7, 11) is 1.00. The summed E-state index contributed by atoms with van der Waals surface area (Å²) in [6.07, 6.45) is 13.6. The highest BCUT2D eigenvalue weighted by atomic mass is 16.2. The lowest BCUT2D eigenvalue weighted by Gasteiger charge is -2.01. The smallest absolute Gasteiger partial charge is 0.326 e. The summed E-state index contributed by atoms with van der Waals surface area (Å²) in [6.45, 7) is 17.9. The lowest BCUT2D eigenvalue weighted by atomic mass is 9.89. The number of fused-ring (bicyclic) bond motifs is 1. The van der Waals surface area contributed by atoms with Crippen LogP contribution in [0.15, 0.2) is 43.4 Å². The van der Waals surface area contributed by atoms with E-state index in [-0.39, 0.29) is 0 Å². The number of allylic oxidation sites excluding steroid dienone is 4. The van der Waals surface area contributed by atoms with E-state index in [0.29, 0.717) is 5.47 Å². The van der Waals surface area contributed by atoms with Crippen molar-refractivity contribution >= 4 is 37.3 Å². The van der Waals surface area contributed by atoms with Crippen molar-refractivity contribution in [3.8, 4) is 0 Å². The second kappa shape index (κ2) is 7.37. The van der Waals surface area contributed by atoms with E-state index in [1.807, 2.05) is 25.2 Å². The highest BCUT2D eigenvalue weighted by Gasteiger charge is 2.18. The topological polar surface area (TPSA) is 24.6 Å². The first-order chi connectivity index (χ1) is 11.5. The Morgan fingerprint density at radius 2 is 1.88 bits per heavy atom. The lowest BCUT2D eigenvalue weighted by molar-refractivity contribution is 0.612. The summed E-state index contributed by atoms with van der Waals surface area (Å²) in [4.78, 5) is 0. The molecule has 2 heterocycles. The van der Waals surface area contributed by atoms with Gasteiger partial charge in [0.15, 0.2) is 0 Å². The van der Waals surface area contributed by atoms with Gasteiger partial charge in [-0.25, -0.2) is 0 Å². The molecule has 2 nitrogen and oxygen atoms in total. The second-order valence-electron chi connectivity index (χ2n) is 5.66. The second-order valence-corrected chi connectivity index (χ2v) is 5.66. The summed E-state index contributed by atoms with van der Waals surface area (Å²) >= 11 is 0. The quantitative estimate of drug-likeness (QED) is 0.631. The highest BCUT2D eigenvalue weighted by Crippen LogP contribution is 2.27. The summed E-state index contributed by atoms with van der Waals surface area (Å²) in [5, 5.41) is 10.2. The SMILES string of the molecule is C=C/C=c1/c(C=C)c(/C=C\C(=C)[B]O)n2c(C)c(/C=C\C)c(C)c12. The minimum absolute atomic E-state index is 0.545. The van der Waals surface area contributed by atoms with E-state index in [2.05, 4.69) is 50.1 Å². The third-order valence-corrected chi connectivity index (χ3v) is 4.21. The zero-order valence-corrected chi connectivity index (χ0v) is 14.6. The summed E-state index contributed by atoms with van der Waals surface area (Å²) in [6, 6.07) is 0. The van der Waals surface area contributed by atoms with Crippen molar-refractivity contribution < 1.29 is 5.02 Å². The van der Waals surface area contributed by atoms with E-state index in [1.54, 1.807) is 12.2 Å². The van der Waals surface area contributed by atoms with Crippen molar-refractivity contribution in [1.82, 2.24) is 4.40 Å². The molecular formula is C21H23BNO. The molecule has 0 spiro atoms. The van der Waals surface area contributed by atoms with E-state index in [0.717, 1.165) is 29.5 Å². The largest absolute Gasteiger partial charge is 0.450 e. The molecule has 0 aliphatic heterocycles. The molecule has 24 heavy (non-hydrogen) atoms. The van der Waals surface area contributed by atoms with E-state index in [9.17, 15) is 0 Å². The molecular weight excluding hydrogens is 293 g/mol. The molecule has 121 valence electrons. The standard InChI is InChI=1S/C21H23BNO/c1-7-10-18-15(5)21-19(11-8-2)17(9-3)20(23(21)16(18)6)13-12-14(4)22-24/h7-13,24H,2-4H2,1,5-6H3/b10-7-,13-12-,19-11-. The summed E-state index contributed by atoms with van der Waals surface area (Å²) in [5.41, 5.74) is 7.40. The van der Waals surface area contributed by atoms with E-state index in [1.165, 1.54) is 16.8 Å². The van der Waals surface area contributed by atoms with Crippen LogP contribution in [-0.2, 0) is 0 Å². The van der Waals surface area contributed by atoms with Crippen LogP contribution in [0.5, 0.6) is 0 Å². The molecule has 3 heteroatoms. The molecule has 2 rings (SSSR count). The van der Waals surface area contributed by atoms with Crippen molar-refractivity contribution in [2.24, 2.45) is 0 Å². The van der Waals surface area contributed by atoms with Gasteiger partial charge in [0.05, 0.1) is 11.2 Å². The van der Waals surface area contributed by atoms with Crippen LogP contribution in [0.1, 0.15) is 35.0 Å². The third-order valence-electron chi connectivity index (χ3n) is 4.21. The first-order valence-electron chi connectivity index (χ1n) is 7.91. The van der Waals surface area contributed by atoms with Gasteiger partial charge in [0.25, 0.3) is 0 Å². The minimum Gasteiger partial charge on any atom is -0.450 e. The maximum Gasteiger partial charge on any atom is 0.326 e. The summed E-state index contributed by atoms with van der Waals surface area (Å²) < 4.78 is 2.23. The molecule has 0 bridgehead atoms. The number of hydrogen-bond donors (Lipinski definition) is 1. The minimum atomic E-state index is 0.545. The molecule has 0 atom stereocenters. The fourth-order valence-electron chi connectivity index (χ4n) is 3.17. The Morgan fingerprint density at radius 1 is 1.17 bits per heavy atom. The Bertz CT molecular complexity index is 926. The van der Waals surface area contributed by atoms with Crippen molar-refractivity contribution in [2.75, 3.05) is 0 Å². The number of aromatic nitrogens is 1. The normalized spacial score (nSPS) is 12.6. The van der Waals surface area contributed by atoms with Crippen molar-refractivity contribution in [3.63, 3.8) is 0 Å². The van der Waals surface area contributed by atoms with Gasteiger partial charge >= 0.3 is 7.48 Å². The fourth-order valence-corrected chi connectivity index (χ4v) is 3.17. The number of hydrogen-bond acceptors (Lipinski definition) is 1. The Hall–Kier alpha value is -2.52. The van der Waals surface area contributed by atoms with Crippen LogP contribution in [0.25, 0.3) is 29.8 Å². The van der Waals surface area contributed by atoms with Gasteiger partial charge in [-0.2, -0.15) is 0 Å². The molecule has 0 unspecified atom stereocenters. The van der Waals surface area contributed by atoms with Gasteiger partial charge < -0.3 is 9.42 Å². The fraction of sp³-hybridized carbons (Fsp3) is 0.143. The molecule has 0 aromatic carbocycles. The van der Waals surface area contributed by atoms with Crippen molar-refractivity contribution in [3.05, 3.63) is 76.7 Å². The Kier molecular flexibility index (Phi) is 5.48. The molecule has 0 saturated carbocycles. The van der Waals surface area contributed by atoms with Gasteiger partial charge in [-0.1, -0.05) is 55.1 Å². The van der Waals surface area contributed by atoms with Gasteiger partial charge in [-0.3, -0.25) is 0 Å². The van der Waals surface area contributed by atoms with Crippen LogP contribution in [0, 0.1) is 13.8 Å². The summed E-state index contributed by atoms with van der Waals surface area (Å²) in [5.74, 6) is 0. The van der Waals surface area contributed by atoms with Gasteiger partial charge in [-0.05, 0) is 38.0 Å². The Morgan fingerprint density at radius 3 is 2.42 bits per heavy atom. The zero-order chi connectivity index (χ0) is 17.9. The molecule has 0 aliphatic carbocycles. The first kappa shape index (κ1) is 17.8. The molecule has 1 N–H and O–H groups in total. The number of nitrogens with zero attached hydrogens (tertiary/aromatic N) is 1. The molecule has 0 fully saturated rings. The van der Waals surface area contributed by atoms with Crippen LogP contribution in [0.2, 0.25) is 0 Å². The van der Waals surface area contributed by atoms with Crippen LogP contribution in [0.4, 0.5) is 0 Å². The highest BCUT2D eigenvalue weighted by molar-refractivity contribution is 6.37. The number of aryl methyl sites for hydroxylation is 2. The average molecular weight is 316 g/mol. The van der Waals surface area contributed by atoms with Crippen LogP contribution in [0.3, 0.4) is 0 Å². The predicted molar refractivity (Wildman–Crippen MR) is 108 cm³/mol. The molecule has 2 aromatic rings. The molecule has 0 saturated heterocycles. The van der Waals surface area contributed by atoms with Crippen LogP contribution >= 0.6 is 0 Å². The van der Waals surface area contributed by atoms with E-state index >= 15 is 0 Å². The third kappa shape index (κ3) is 2.83. The maximum atomic E-state index is 9.08. The van der Waals surface area contributed by atoms with Gasteiger partial charge in [-0.15, -0.1) is 6.58 Å². The first-order valence-corrected chi connectivity index (χ1v) is 7.91. The monoisotopic (exact) mass is 316 g/mol. The lowest BCUT2D eigenvalue weighted by Crippen LogP contribution is -2.02. The van der Waals surface area contributed by atoms with Crippen molar-refractivity contribution in [1.29, 1.82) is 0 Å². The predicted octanol–water partition coefficient (Wildman–Crippen LogP) is 4.06. The number of rotatable bonds is 6. The average Bonchev–Trinajstić information content (AvgIpc) is 3.01. The van der Waals surface area contributed by atoms with Crippen LogP contribution in [-0.4, -0.2) is 16.9 Å². The Labute approximate surface area is 144 Å². The van der Waals surface area contributed by atoms with Gasteiger partial charge in [0, 0.05) is 16.5 Å². The maximum absolute atomic E-state index is 9.08. The van der Waals surface area contributed by atoms with E-state index in [4.69, 9.17) is 5.02 Å². The van der Waals surface area contributed by atoms with Crippen molar-refractivity contribution in [2.45, 2.75) is 20.8 Å². The molecule has 0 amide bonds.